The zero-order valence-corrected chi connectivity index (χ0v) is 13.9. The molecule has 0 fully saturated rings. The van der Waals surface area contributed by atoms with Crippen LogP contribution in [0.4, 0.5) is 0 Å². The number of H-pyrrole nitrogens is 1. The van der Waals surface area contributed by atoms with Crippen molar-refractivity contribution in [2.24, 2.45) is 0 Å². The second-order valence-electron chi connectivity index (χ2n) is 5.96. The van der Waals surface area contributed by atoms with Crippen LogP contribution in [0.15, 0.2) is 58.1 Å². The van der Waals surface area contributed by atoms with Crippen LogP contribution >= 0.6 is 0 Å². The molecule has 0 atom stereocenters. The quantitative estimate of drug-likeness (QED) is 0.743. The van der Waals surface area contributed by atoms with Crippen molar-refractivity contribution in [3.05, 3.63) is 80.4 Å². The Hall–Kier alpha value is -3.15. The highest BCUT2D eigenvalue weighted by atomic mass is 16.2. The fourth-order valence-electron chi connectivity index (χ4n) is 2.61. The highest BCUT2D eigenvalue weighted by molar-refractivity contribution is 5.80. The van der Waals surface area contributed by atoms with Crippen LogP contribution in [0.1, 0.15) is 17.5 Å². The van der Waals surface area contributed by atoms with Gasteiger partial charge in [-0.05, 0) is 24.6 Å². The van der Waals surface area contributed by atoms with Crippen LogP contribution in [-0.2, 0) is 17.9 Å². The van der Waals surface area contributed by atoms with E-state index >= 15 is 0 Å². The van der Waals surface area contributed by atoms with E-state index in [1.54, 1.807) is 24.3 Å². The average molecular weight is 337 g/mol. The van der Waals surface area contributed by atoms with Crippen molar-refractivity contribution in [3.8, 4) is 0 Å². The number of carbonyl (C=O) groups is 1. The summed E-state index contributed by atoms with van der Waals surface area (Å²) in [6.07, 6.45) is 0.111. The van der Waals surface area contributed by atoms with Gasteiger partial charge in [0.25, 0.3) is 11.1 Å². The summed E-state index contributed by atoms with van der Waals surface area (Å²) in [5.74, 6) is -0.179. The van der Waals surface area contributed by atoms with Gasteiger partial charge in [0.1, 0.15) is 0 Å². The molecule has 128 valence electrons. The molecule has 0 unspecified atom stereocenters. The fraction of sp³-hybridized carbons (Fsp3) is 0.211. The van der Waals surface area contributed by atoms with Gasteiger partial charge < -0.3 is 5.32 Å². The van der Waals surface area contributed by atoms with Crippen molar-refractivity contribution in [2.45, 2.75) is 26.4 Å². The number of benzene rings is 2. The smallest absolute Gasteiger partial charge is 0.273 e. The molecule has 25 heavy (non-hydrogen) atoms. The highest BCUT2D eigenvalue weighted by Gasteiger charge is 2.08. The van der Waals surface area contributed by atoms with Gasteiger partial charge in [0.15, 0.2) is 0 Å². The van der Waals surface area contributed by atoms with E-state index in [-0.39, 0.29) is 30.0 Å². The van der Waals surface area contributed by atoms with E-state index in [4.69, 9.17) is 0 Å². The molecule has 0 aliphatic carbocycles. The van der Waals surface area contributed by atoms with Crippen molar-refractivity contribution >= 4 is 16.7 Å². The molecule has 0 saturated carbocycles. The van der Waals surface area contributed by atoms with Gasteiger partial charge in [-0.3, -0.25) is 19.5 Å². The SMILES string of the molecule is Cc1ccc(CNC(=O)CCn2[nH]c(=O)c3ccccc3c2=O)cc1. The summed E-state index contributed by atoms with van der Waals surface area (Å²) >= 11 is 0. The normalized spacial score (nSPS) is 10.8. The molecule has 3 aromatic rings. The average Bonchev–Trinajstić information content (AvgIpc) is 2.63. The summed E-state index contributed by atoms with van der Waals surface area (Å²) < 4.78 is 1.19. The maximum absolute atomic E-state index is 12.4. The molecule has 0 saturated heterocycles. The summed E-state index contributed by atoms with van der Waals surface area (Å²) in [4.78, 5) is 36.4. The summed E-state index contributed by atoms with van der Waals surface area (Å²) in [6, 6.07) is 14.5. The van der Waals surface area contributed by atoms with Gasteiger partial charge in [0.2, 0.25) is 5.91 Å². The maximum Gasteiger partial charge on any atom is 0.273 e. The van der Waals surface area contributed by atoms with Crippen LogP contribution in [-0.4, -0.2) is 15.7 Å². The largest absolute Gasteiger partial charge is 0.352 e. The molecule has 0 radical (unpaired) electrons. The zero-order valence-electron chi connectivity index (χ0n) is 13.9. The molecule has 3 rings (SSSR count). The number of amides is 1. The number of hydrogen-bond donors (Lipinski definition) is 2. The van der Waals surface area contributed by atoms with E-state index in [1.807, 2.05) is 31.2 Å². The van der Waals surface area contributed by atoms with Crippen LogP contribution in [0.5, 0.6) is 0 Å². The summed E-state index contributed by atoms with van der Waals surface area (Å²) in [6.45, 7) is 2.56. The third kappa shape index (κ3) is 3.85. The lowest BCUT2D eigenvalue weighted by Gasteiger charge is -2.08. The molecular weight excluding hydrogens is 318 g/mol. The number of aryl methyl sites for hydroxylation is 2. The summed E-state index contributed by atoms with van der Waals surface area (Å²) in [5.41, 5.74) is 1.53. The van der Waals surface area contributed by atoms with Gasteiger partial charge >= 0.3 is 0 Å². The molecule has 0 aliphatic rings. The van der Waals surface area contributed by atoms with Gasteiger partial charge in [0, 0.05) is 13.0 Å². The van der Waals surface area contributed by atoms with E-state index < -0.39 is 0 Å². The van der Waals surface area contributed by atoms with Gasteiger partial charge in [-0.25, -0.2) is 4.68 Å². The Morgan fingerprint density at radius 1 is 1.04 bits per heavy atom. The number of aromatic amines is 1. The van der Waals surface area contributed by atoms with Gasteiger partial charge in [-0.1, -0.05) is 42.0 Å². The van der Waals surface area contributed by atoms with Crippen molar-refractivity contribution in [1.29, 1.82) is 0 Å². The lowest BCUT2D eigenvalue weighted by atomic mass is 10.1. The number of rotatable bonds is 5. The van der Waals surface area contributed by atoms with Crippen molar-refractivity contribution in [1.82, 2.24) is 15.1 Å². The molecule has 1 aromatic heterocycles. The first-order valence-electron chi connectivity index (χ1n) is 8.09. The number of fused-ring (bicyclic) bond motifs is 1. The van der Waals surface area contributed by atoms with E-state index in [2.05, 4.69) is 10.4 Å². The minimum atomic E-state index is -0.338. The Balaban J connectivity index is 1.65. The third-order valence-electron chi connectivity index (χ3n) is 4.06. The highest BCUT2D eigenvalue weighted by Crippen LogP contribution is 2.04. The number of nitrogens with zero attached hydrogens (tertiary/aromatic N) is 1. The van der Waals surface area contributed by atoms with Gasteiger partial charge in [-0.2, -0.15) is 0 Å². The number of hydrogen-bond acceptors (Lipinski definition) is 3. The minimum absolute atomic E-state index is 0.111. The fourth-order valence-corrected chi connectivity index (χ4v) is 2.61. The van der Waals surface area contributed by atoms with E-state index in [1.165, 1.54) is 4.68 Å². The van der Waals surface area contributed by atoms with E-state index in [9.17, 15) is 14.4 Å². The van der Waals surface area contributed by atoms with Crippen molar-refractivity contribution in [2.75, 3.05) is 0 Å². The molecule has 2 aromatic carbocycles. The van der Waals surface area contributed by atoms with Crippen LogP contribution in [0.3, 0.4) is 0 Å². The molecule has 0 spiro atoms. The predicted octanol–water partition coefficient (Wildman–Crippen LogP) is 1.70. The standard InChI is InChI=1S/C19H19N3O3/c1-13-6-8-14(9-7-13)12-20-17(23)10-11-22-19(25)16-5-3-2-4-15(16)18(24)21-22/h2-9H,10-12H2,1H3,(H,20,23)(H,21,24). The Labute approximate surface area is 144 Å². The first-order chi connectivity index (χ1) is 12.0. The predicted molar refractivity (Wildman–Crippen MR) is 96.5 cm³/mol. The zero-order chi connectivity index (χ0) is 17.8. The molecule has 6 nitrogen and oxygen atoms in total. The lowest BCUT2D eigenvalue weighted by Crippen LogP contribution is -2.32. The van der Waals surface area contributed by atoms with Gasteiger partial charge in [0.05, 0.1) is 17.3 Å². The molecule has 0 bridgehead atoms. The Morgan fingerprint density at radius 3 is 2.44 bits per heavy atom. The van der Waals surface area contributed by atoms with Crippen LogP contribution in [0, 0.1) is 6.92 Å². The molecule has 1 heterocycles. The number of carbonyl (C=O) groups excluding carboxylic acids is 1. The second-order valence-corrected chi connectivity index (χ2v) is 5.96. The molecule has 6 heteroatoms. The van der Waals surface area contributed by atoms with Crippen LogP contribution < -0.4 is 16.4 Å². The first kappa shape index (κ1) is 16.7. The van der Waals surface area contributed by atoms with E-state index in [0.717, 1.165) is 11.1 Å². The Morgan fingerprint density at radius 2 is 1.72 bits per heavy atom. The van der Waals surface area contributed by atoms with Crippen LogP contribution in [0.2, 0.25) is 0 Å². The van der Waals surface area contributed by atoms with E-state index in [0.29, 0.717) is 17.3 Å². The van der Waals surface area contributed by atoms with Crippen molar-refractivity contribution < 1.29 is 4.79 Å². The minimum Gasteiger partial charge on any atom is -0.352 e. The Kier molecular flexibility index (Phi) is 4.79. The molecule has 0 aliphatic heterocycles. The topological polar surface area (TPSA) is 84.0 Å². The van der Waals surface area contributed by atoms with Crippen molar-refractivity contribution in [3.63, 3.8) is 0 Å². The lowest BCUT2D eigenvalue weighted by molar-refractivity contribution is -0.121. The number of aromatic nitrogens is 2. The summed E-state index contributed by atoms with van der Waals surface area (Å²) in [5, 5.41) is 6.04. The second kappa shape index (κ2) is 7.17. The number of nitrogens with one attached hydrogen (secondary N) is 2. The molecule has 2 N–H and O–H groups in total. The first-order valence-corrected chi connectivity index (χ1v) is 8.09. The molecule has 1 amide bonds. The Bertz CT molecular complexity index is 1020. The van der Waals surface area contributed by atoms with Gasteiger partial charge in [-0.15, -0.1) is 0 Å². The maximum atomic E-state index is 12.4. The van der Waals surface area contributed by atoms with Crippen LogP contribution in [0.25, 0.3) is 10.8 Å². The summed E-state index contributed by atoms with van der Waals surface area (Å²) in [7, 11) is 0. The molecular formula is C19H19N3O3. The monoisotopic (exact) mass is 337 g/mol. The third-order valence-corrected chi connectivity index (χ3v) is 4.06.